The number of nitro groups is 1. The van der Waals surface area contributed by atoms with Crippen molar-refractivity contribution in [2.45, 2.75) is 19.4 Å². The van der Waals surface area contributed by atoms with E-state index in [-0.39, 0.29) is 12.3 Å². The van der Waals surface area contributed by atoms with Crippen LogP contribution in [-0.2, 0) is 4.74 Å². The minimum absolute atomic E-state index is 0.0822. The number of methoxy groups -OCH3 is 1. The van der Waals surface area contributed by atoms with Crippen molar-refractivity contribution >= 4 is 11.4 Å². The first kappa shape index (κ1) is 14.4. The molecular weight excluding hydrogens is 236 g/mol. The Morgan fingerprint density at radius 3 is 2.89 bits per heavy atom. The smallest absolute Gasteiger partial charge is 0.295 e. The Morgan fingerprint density at radius 1 is 1.56 bits per heavy atom. The largest absolute Gasteiger partial charge is 0.391 e. The summed E-state index contributed by atoms with van der Waals surface area (Å²) in [5.41, 5.74) is 1.17. The third-order valence-corrected chi connectivity index (χ3v) is 2.57. The fourth-order valence-corrected chi connectivity index (χ4v) is 1.69. The van der Waals surface area contributed by atoms with E-state index in [9.17, 15) is 15.2 Å². The summed E-state index contributed by atoms with van der Waals surface area (Å²) in [5.74, 6) is 0. The van der Waals surface area contributed by atoms with Crippen LogP contribution in [0.4, 0.5) is 11.4 Å². The van der Waals surface area contributed by atoms with Crippen LogP contribution in [0.3, 0.4) is 0 Å². The molecule has 0 aliphatic rings. The van der Waals surface area contributed by atoms with E-state index in [1.165, 1.54) is 7.11 Å². The van der Waals surface area contributed by atoms with E-state index in [1.807, 2.05) is 0 Å². The summed E-state index contributed by atoms with van der Waals surface area (Å²) in [6.07, 6.45) is -0.0924. The van der Waals surface area contributed by atoms with E-state index in [4.69, 9.17) is 4.74 Å². The molecule has 0 amide bonds. The normalized spacial score (nSPS) is 12.2. The first-order valence-corrected chi connectivity index (χ1v) is 5.71. The van der Waals surface area contributed by atoms with Gasteiger partial charge >= 0.3 is 0 Å². The van der Waals surface area contributed by atoms with Crippen molar-refractivity contribution < 1.29 is 14.8 Å². The van der Waals surface area contributed by atoms with Crippen LogP contribution in [0.25, 0.3) is 0 Å². The monoisotopic (exact) mass is 254 g/mol. The van der Waals surface area contributed by atoms with Crippen molar-refractivity contribution in [3.8, 4) is 0 Å². The second-order valence-electron chi connectivity index (χ2n) is 4.05. The van der Waals surface area contributed by atoms with Gasteiger partial charge in [-0.15, -0.1) is 0 Å². The summed E-state index contributed by atoms with van der Waals surface area (Å²) in [5, 5.41) is 23.4. The van der Waals surface area contributed by atoms with Gasteiger partial charge in [-0.3, -0.25) is 10.1 Å². The Labute approximate surface area is 106 Å². The fraction of sp³-hybridized carbons (Fsp3) is 0.500. The lowest BCUT2D eigenvalue weighted by molar-refractivity contribution is -0.384. The van der Waals surface area contributed by atoms with Gasteiger partial charge in [0.15, 0.2) is 0 Å². The molecule has 2 N–H and O–H groups in total. The fourth-order valence-electron chi connectivity index (χ4n) is 1.69. The molecule has 0 spiro atoms. The van der Waals surface area contributed by atoms with Crippen molar-refractivity contribution in [2.24, 2.45) is 0 Å². The number of ether oxygens (including phenoxy) is 1. The highest BCUT2D eigenvalue weighted by Gasteiger charge is 2.16. The van der Waals surface area contributed by atoms with Crippen LogP contribution in [-0.4, -0.2) is 36.4 Å². The number of nitro benzene ring substituents is 1. The number of rotatable bonds is 7. The lowest BCUT2D eigenvalue weighted by Crippen LogP contribution is -2.18. The Morgan fingerprint density at radius 2 is 2.28 bits per heavy atom. The van der Waals surface area contributed by atoms with Gasteiger partial charge in [-0.25, -0.2) is 0 Å². The number of nitrogens with zero attached hydrogens (tertiary/aromatic N) is 1. The van der Waals surface area contributed by atoms with Crippen LogP contribution in [0.1, 0.15) is 12.0 Å². The van der Waals surface area contributed by atoms with Crippen molar-refractivity contribution in [2.75, 3.05) is 25.6 Å². The van der Waals surface area contributed by atoms with E-state index in [1.54, 1.807) is 25.1 Å². The number of anilines is 1. The second kappa shape index (κ2) is 6.93. The molecule has 0 bridgehead atoms. The standard InChI is InChI=1S/C12H18N2O4/c1-9-4-3-5-11(12(9)14(16)17)13-7-6-10(15)8-18-2/h3-5,10,13,15H,6-8H2,1-2H3. The van der Waals surface area contributed by atoms with Crippen LogP contribution in [0.5, 0.6) is 0 Å². The van der Waals surface area contributed by atoms with Crippen molar-refractivity contribution in [1.82, 2.24) is 0 Å². The van der Waals surface area contributed by atoms with Gasteiger partial charge in [0.25, 0.3) is 5.69 Å². The Balaban J connectivity index is 2.62. The molecule has 100 valence electrons. The van der Waals surface area contributed by atoms with Gasteiger partial charge in [-0.2, -0.15) is 0 Å². The average molecular weight is 254 g/mol. The average Bonchev–Trinajstić information content (AvgIpc) is 2.28. The van der Waals surface area contributed by atoms with E-state index >= 15 is 0 Å². The SMILES string of the molecule is COCC(O)CCNc1cccc(C)c1[N+](=O)[O-]. The van der Waals surface area contributed by atoms with Gasteiger partial charge in [0, 0.05) is 19.2 Å². The van der Waals surface area contributed by atoms with Crippen LogP contribution in [0, 0.1) is 17.0 Å². The molecule has 0 aliphatic heterocycles. The molecule has 0 aliphatic carbocycles. The lowest BCUT2D eigenvalue weighted by Gasteiger charge is -2.11. The molecule has 18 heavy (non-hydrogen) atoms. The molecule has 0 aromatic heterocycles. The zero-order valence-corrected chi connectivity index (χ0v) is 10.5. The predicted octanol–water partition coefficient (Wildman–Crippen LogP) is 1.71. The number of benzene rings is 1. The maximum Gasteiger partial charge on any atom is 0.295 e. The molecule has 6 nitrogen and oxygen atoms in total. The first-order valence-electron chi connectivity index (χ1n) is 5.71. The number of aliphatic hydroxyl groups is 1. The van der Waals surface area contributed by atoms with Crippen LogP contribution < -0.4 is 5.32 Å². The number of aliphatic hydroxyl groups excluding tert-OH is 1. The van der Waals surface area contributed by atoms with Gasteiger partial charge in [-0.05, 0) is 19.4 Å². The van der Waals surface area contributed by atoms with Crippen LogP contribution in [0.15, 0.2) is 18.2 Å². The van der Waals surface area contributed by atoms with Crippen LogP contribution >= 0.6 is 0 Å². The number of hydrogen-bond acceptors (Lipinski definition) is 5. The molecule has 0 heterocycles. The van der Waals surface area contributed by atoms with E-state index < -0.39 is 11.0 Å². The molecule has 0 saturated carbocycles. The second-order valence-corrected chi connectivity index (χ2v) is 4.05. The molecule has 0 fully saturated rings. The highest BCUT2D eigenvalue weighted by Crippen LogP contribution is 2.27. The number of nitrogens with one attached hydrogen (secondary N) is 1. The molecule has 6 heteroatoms. The summed E-state index contributed by atoms with van der Waals surface area (Å²) in [4.78, 5) is 10.5. The maximum atomic E-state index is 10.9. The highest BCUT2D eigenvalue weighted by molar-refractivity contribution is 5.64. The topological polar surface area (TPSA) is 84.6 Å². The van der Waals surface area contributed by atoms with Crippen molar-refractivity contribution in [3.63, 3.8) is 0 Å². The Kier molecular flexibility index (Phi) is 5.54. The molecule has 0 saturated heterocycles. The molecule has 1 atom stereocenters. The minimum Gasteiger partial charge on any atom is -0.391 e. The summed E-state index contributed by atoms with van der Waals surface area (Å²) in [7, 11) is 1.52. The van der Waals surface area contributed by atoms with E-state index in [0.29, 0.717) is 24.2 Å². The summed E-state index contributed by atoms with van der Waals surface area (Å²) in [6.45, 7) is 2.41. The summed E-state index contributed by atoms with van der Waals surface area (Å²) >= 11 is 0. The molecular formula is C12H18N2O4. The summed E-state index contributed by atoms with van der Waals surface area (Å²) in [6, 6.07) is 5.12. The molecule has 1 rings (SSSR count). The number of hydrogen-bond donors (Lipinski definition) is 2. The predicted molar refractivity (Wildman–Crippen MR) is 68.8 cm³/mol. The van der Waals surface area contributed by atoms with Gasteiger partial charge in [0.05, 0.1) is 17.6 Å². The molecule has 1 unspecified atom stereocenters. The maximum absolute atomic E-state index is 10.9. The Bertz CT molecular complexity index is 409. The summed E-state index contributed by atoms with van der Waals surface area (Å²) < 4.78 is 4.80. The number of para-hydroxylation sites is 1. The molecule has 0 radical (unpaired) electrons. The van der Waals surface area contributed by atoms with Crippen LogP contribution in [0.2, 0.25) is 0 Å². The minimum atomic E-state index is -0.564. The molecule has 1 aromatic rings. The van der Waals surface area contributed by atoms with Gasteiger partial charge in [-0.1, -0.05) is 12.1 Å². The van der Waals surface area contributed by atoms with E-state index in [2.05, 4.69) is 5.32 Å². The van der Waals surface area contributed by atoms with Crippen molar-refractivity contribution in [3.05, 3.63) is 33.9 Å². The third-order valence-electron chi connectivity index (χ3n) is 2.57. The molecule has 1 aromatic carbocycles. The third kappa shape index (κ3) is 3.97. The quantitative estimate of drug-likeness (QED) is 0.571. The first-order chi connectivity index (χ1) is 8.56. The zero-order valence-electron chi connectivity index (χ0n) is 10.5. The van der Waals surface area contributed by atoms with E-state index in [0.717, 1.165) is 0 Å². The van der Waals surface area contributed by atoms with Gasteiger partial charge < -0.3 is 15.2 Å². The van der Waals surface area contributed by atoms with Gasteiger partial charge in [0.1, 0.15) is 5.69 Å². The highest BCUT2D eigenvalue weighted by atomic mass is 16.6. The zero-order chi connectivity index (χ0) is 13.5. The number of aryl methyl sites for hydroxylation is 1. The lowest BCUT2D eigenvalue weighted by atomic mass is 10.1. The Hall–Kier alpha value is -1.66. The van der Waals surface area contributed by atoms with Crippen molar-refractivity contribution in [1.29, 1.82) is 0 Å². The van der Waals surface area contributed by atoms with Gasteiger partial charge in [0.2, 0.25) is 0 Å².